The summed E-state index contributed by atoms with van der Waals surface area (Å²) in [5, 5.41) is 0. The summed E-state index contributed by atoms with van der Waals surface area (Å²) in [5.41, 5.74) is 0.259. The van der Waals surface area contributed by atoms with Gasteiger partial charge in [0, 0.05) is 38.0 Å². The number of hydrogen-bond donors (Lipinski definition) is 0. The van der Waals surface area contributed by atoms with Crippen molar-refractivity contribution < 1.29 is 4.74 Å². The van der Waals surface area contributed by atoms with E-state index in [0.717, 1.165) is 17.8 Å². The van der Waals surface area contributed by atoms with E-state index in [1.165, 1.54) is 58.3 Å². The van der Waals surface area contributed by atoms with Gasteiger partial charge in [-0.15, -0.1) is 0 Å². The van der Waals surface area contributed by atoms with Gasteiger partial charge < -0.3 is 9.64 Å². The Balaban J connectivity index is 1.45. The van der Waals surface area contributed by atoms with Gasteiger partial charge in [-0.2, -0.15) is 0 Å². The van der Waals surface area contributed by atoms with E-state index >= 15 is 0 Å². The van der Waals surface area contributed by atoms with Crippen LogP contribution in [0, 0.1) is 17.8 Å². The third kappa shape index (κ3) is 1.97. The number of ether oxygens (including phenoxy) is 1. The number of rotatable bonds is 4. The fourth-order valence-corrected chi connectivity index (χ4v) is 5.13. The van der Waals surface area contributed by atoms with Crippen molar-refractivity contribution in [3.63, 3.8) is 0 Å². The van der Waals surface area contributed by atoms with E-state index in [-0.39, 0.29) is 5.60 Å². The Hall–Kier alpha value is -0.120. The van der Waals surface area contributed by atoms with Crippen molar-refractivity contribution in [1.29, 1.82) is 0 Å². The van der Waals surface area contributed by atoms with Crippen LogP contribution in [0.4, 0.5) is 0 Å². The van der Waals surface area contributed by atoms with Crippen molar-refractivity contribution in [3.8, 4) is 0 Å². The zero-order chi connectivity index (χ0) is 13.0. The highest BCUT2D eigenvalue weighted by atomic mass is 16.5. The fraction of sp³-hybridized carbons (Fsp3) is 1.00. The first-order valence-electron chi connectivity index (χ1n) is 8.21. The van der Waals surface area contributed by atoms with Crippen LogP contribution >= 0.6 is 0 Å². The molecule has 4 fully saturated rings. The molecular formula is C16H28N2O. The van der Waals surface area contributed by atoms with Crippen LogP contribution in [0.5, 0.6) is 0 Å². The highest BCUT2D eigenvalue weighted by Gasteiger charge is 2.62. The molecule has 0 aromatic carbocycles. The second-order valence-electron chi connectivity index (χ2n) is 7.78. The minimum Gasteiger partial charge on any atom is -0.370 e. The summed E-state index contributed by atoms with van der Waals surface area (Å²) in [6.45, 7) is 5.11. The van der Waals surface area contributed by atoms with Crippen LogP contribution in [0.25, 0.3) is 0 Å². The third-order valence-electron chi connectivity index (χ3n) is 6.17. The van der Waals surface area contributed by atoms with Gasteiger partial charge in [0.2, 0.25) is 0 Å². The largest absolute Gasteiger partial charge is 0.370 e. The van der Waals surface area contributed by atoms with Gasteiger partial charge in [-0.05, 0) is 45.7 Å². The van der Waals surface area contributed by atoms with Gasteiger partial charge in [-0.3, -0.25) is 4.90 Å². The average Bonchev–Trinajstić information content (AvgIpc) is 2.92. The molecule has 19 heavy (non-hydrogen) atoms. The molecule has 0 N–H and O–H groups in total. The molecule has 1 saturated carbocycles. The average molecular weight is 264 g/mol. The van der Waals surface area contributed by atoms with E-state index in [1.807, 2.05) is 0 Å². The van der Waals surface area contributed by atoms with Crippen LogP contribution in [-0.2, 0) is 4.74 Å². The van der Waals surface area contributed by atoms with Crippen LogP contribution < -0.4 is 0 Å². The zero-order valence-corrected chi connectivity index (χ0v) is 12.5. The van der Waals surface area contributed by atoms with E-state index in [2.05, 4.69) is 23.9 Å². The maximum atomic E-state index is 6.49. The Labute approximate surface area is 117 Å². The molecule has 3 aliphatic heterocycles. The van der Waals surface area contributed by atoms with E-state index in [4.69, 9.17) is 4.74 Å². The summed E-state index contributed by atoms with van der Waals surface area (Å²) in [7, 11) is 4.42. The fourth-order valence-electron chi connectivity index (χ4n) is 5.13. The monoisotopic (exact) mass is 264 g/mol. The maximum Gasteiger partial charge on any atom is 0.0857 e. The Bertz CT molecular complexity index is 355. The lowest BCUT2D eigenvalue weighted by molar-refractivity contribution is -0.000143. The number of hydrogen-bond acceptors (Lipinski definition) is 3. The molecular weight excluding hydrogens is 236 g/mol. The van der Waals surface area contributed by atoms with Crippen LogP contribution in [0.2, 0.25) is 0 Å². The molecule has 0 aromatic rings. The van der Waals surface area contributed by atoms with E-state index in [1.54, 1.807) is 0 Å². The summed E-state index contributed by atoms with van der Waals surface area (Å²) in [4.78, 5) is 5.09. The molecule has 3 nitrogen and oxygen atoms in total. The number of fused-ring (bicyclic) bond motifs is 1. The standard InChI is InChI=1S/C16H28N2O/c1-17(2)9-13-14-10-18(8-12-4-3-5-12)11-16(14)7-6-15(13)19-16/h12-15H,3-11H2,1-2H3/t13-,14+,15+,16+/m0/s1. The minimum atomic E-state index is 0.259. The molecule has 108 valence electrons. The number of nitrogens with zero attached hydrogens (tertiary/aromatic N) is 2. The van der Waals surface area contributed by atoms with Crippen LogP contribution in [-0.4, -0.2) is 61.8 Å². The van der Waals surface area contributed by atoms with Crippen molar-refractivity contribution in [2.24, 2.45) is 17.8 Å². The predicted molar refractivity (Wildman–Crippen MR) is 76.2 cm³/mol. The first-order chi connectivity index (χ1) is 9.16. The Morgan fingerprint density at radius 1 is 1.26 bits per heavy atom. The van der Waals surface area contributed by atoms with Crippen LogP contribution in [0.3, 0.4) is 0 Å². The maximum absolute atomic E-state index is 6.49. The van der Waals surface area contributed by atoms with Gasteiger partial charge in [0.15, 0.2) is 0 Å². The minimum absolute atomic E-state index is 0.259. The molecule has 3 saturated heterocycles. The molecule has 2 bridgehead atoms. The van der Waals surface area contributed by atoms with Gasteiger partial charge in [0.1, 0.15) is 0 Å². The lowest BCUT2D eigenvalue weighted by Crippen LogP contribution is -2.40. The molecule has 0 aromatic heterocycles. The molecule has 0 amide bonds. The summed E-state index contributed by atoms with van der Waals surface area (Å²) in [6.07, 6.45) is 7.62. The molecule has 1 spiro atoms. The summed E-state index contributed by atoms with van der Waals surface area (Å²) >= 11 is 0. The van der Waals surface area contributed by atoms with Gasteiger partial charge in [0.05, 0.1) is 11.7 Å². The Kier molecular flexibility index (Phi) is 2.95. The molecule has 1 aliphatic carbocycles. The second-order valence-corrected chi connectivity index (χ2v) is 7.78. The smallest absolute Gasteiger partial charge is 0.0857 e. The van der Waals surface area contributed by atoms with E-state index < -0.39 is 0 Å². The topological polar surface area (TPSA) is 15.7 Å². The Morgan fingerprint density at radius 3 is 2.79 bits per heavy atom. The summed E-state index contributed by atoms with van der Waals surface area (Å²) in [6, 6.07) is 0. The summed E-state index contributed by atoms with van der Waals surface area (Å²) < 4.78 is 6.49. The van der Waals surface area contributed by atoms with Gasteiger partial charge in [0.25, 0.3) is 0 Å². The van der Waals surface area contributed by atoms with E-state index in [9.17, 15) is 0 Å². The SMILES string of the molecule is CN(C)C[C@H]1[C@H]2CN(CC3CCC3)C[C@]23CC[C@H]1O3. The van der Waals surface area contributed by atoms with Crippen molar-refractivity contribution in [3.05, 3.63) is 0 Å². The molecule has 4 atom stereocenters. The van der Waals surface area contributed by atoms with Crippen LogP contribution in [0.1, 0.15) is 32.1 Å². The first-order valence-corrected chi connectivity index (χ1v) is 8.21. The van der Waals surface area contributed by atoms with Crippen molar-refractivity contribution >= 4 is 0 Å². The van der Waals surface area contributed by atoms with Crippen molar-refractivity contribution in [2.45, 2.75) is 43.8 Å². The molecule has 4 aliphatic rings. The predicted octanol–water partition coefficient (Wildman–Crippen LogP) is 1.83. The molecule has 3 heterocycles. The normalized spacial score (nSPS) is 45.9. The second kappa shape index (κ2) is 4.44. The zero-order valence-electron chi connectivity index (χ0n) is 12.5. The van der Waals surface area contributed by atoms with Crippen molar-refractivity contribution in [1.82, 2.24) is 9.80 Å². The highest BCUT2D eigenvalue weighted by molar-refractivity contribution is 5.13. The molecule has 0 radical (unpaired) electrons. The molecule has 4 rings (SSSR count). The van der Waals surface area contributed by atoms with Crippen molar-refractivity contribution in [2.75, 3.05) is 40.3 Å². The molecule has 3 heteroatoms. The lowest BCUT2D eigenvalue weighted by atomic mass is 9.73. The van der Waals surface area contributed by atoms with Gasteiger partial charge in [-0.1, -0.05) is 6.42 Å². The number of likely N-dealkylation sites (tertiary alicyclic amines) is 1. The highest BCUT2D eigenvalue weighted by Crippen LogP contribution is 2.55. The summed E-state index contributed by atoms with van der Waals surface area (Å²) in [5.74, 6) is 2.60. The Morgan fingerprint density at radius 2 is 2.11 bits per heavy atom. The van der Waals surface area contributed by atoms with E-state index in [0.29, 0.717) is 6.10 Å². The lowest BCUT2D eigenvalue weighted by Gasteiger charge is -2.31. The quantitative estimate of drug-likeness (QED) is 0.770. The molecule has 0 unspecified atom stereocenters. The first kappa shape index (κ1) is 12.6. The van der Waals surface area contributed by atoms with Gasteiger partial charge in [-0.25, -0.2) is 0 Å². The third-order valence-corrected chi connectivity index (χ3v) is 6.17. The van der Waals surface area contributed by atoms with Gasteiger partial charge >= 0.3 is 0 Å². The van der Waals surface area contributed by atoms with Crippen LogP contribution in [0.15, 0.2) is 0 Å².